The summed E-state index contributed by atoms with van der Waals surface area (Å²) < 4.78 is 18.4. The molecule has 5 rings (SSSR count). The van der Waals surface area contributed by atoms with Gasteiger partial charge in [0.05, 0.1) is 12.2 Å². The van der Waals surface area contributed by atoms with Crippen LogP contribution in [0.5, 0.6) is 0 Å². The van der Waals surface area contributed by atoms with Gasteiger partial charge >= 0.3 is 0 Å². The van der Waals surface area contributed by atoms with E-state index in [9.17, 15) is 9.18 Å². The first-order valence-corrected chi connectivity index (χ1v) is 10.0. The van der Waals surface area contributed by atoms with E-state index in [1.54, 1.807) is 22.9 Å². The van der Waals surface area contributed by atoms with Crippen molar-refractivity contribution in [3.8, 4) is 5.69 Å². The van der Waals surface area contributed by atoms with Crippen molar-refractivity contribution in [3.05, 3.63) is 87.6 Å². The Morgan fingerprint density at radius 3 is 2.43 bits per heavy atom. The molecule has 1 aromatic heterocycles. The number of hydrogen-bond donors (Lipinski definition) is 0. The standard InChI is InChI=1S/C24H25FN2O/c1-23(2)17-13-14-24(23,3)21-20(17)22(28)27(19-12-8-7-11-18(19)25)26(21)15-16-9-5-4-6-10-16/h4-12,17H,13-15H2,1-3H3/t17-,24+/m1/s1. The van der Waals surface area contributed by atoms with Crippen molar-refractivity contribution in [1.29, 1.82) is 0 Å². The third kappa shape index (κ3) is 2.06. The molecule has 3 aromatic rings. The Labute approximate surface area is 164 Å². The van der Waals surface area contributed by atoms with Gasteiger partial charge in [-0.05, 0) is 41.9 Å². The van der Waals surface area contributed by atoms with E-state index in [1.807, 2.05) is 22.9 Å². The zero-order valence-electron chi connectivity index (χ0n) is 16.6. The van der Waals surface area contributed by atoms with E-state index in [1.165, 1.54) is 6.07 Å². The van der Waals surface area contributed by atoms with E-state index in [0.717, 1.165) is 29.7 Å². The van der Waals surface area contributed by atoms with E-state index in [-0.39, 0.29) is 28.1 Å². The Kier molecular flexibility index (Phi) is 3.55. The normalized spacial score (nSPS) is 24.5. The summed E-state index contributed by atoms with van der Waals surface area (Å²) in [7, 11) is 0. The first kappa shape index (κ1) is 17.5. The molecule has 0 aliphatic heterocycles. The minimum Gasteiger partial charge on any atom is -0.277 e. The Morgan fingerprint density at radius 2 is 1.71 bits per heavy atom. The van der Waals surface area contributed by atoms with E-state index < -0.39 is 0 Å². The topological polar surface area (TPSA) is 26.9 Å². The Balaban J connectivity index is 1.82. The molecule has 1 saturated carbocycles. The van der Waals surface area contributed by atoms with Crippen molar-refractivity contribution in [2.75, 3.05) is 0 Å². The van der Waals surface area contributed by atoms with Crippen molar-refractivity contribution in [3.63, 3.8) is 0 Å². The molecule has 4 heteroatoms. The van der Waals surface area contributed by atoms with E-state index in [4.69, 9.17) is 0 Å². The van der Waals surface area contributed by atoms with Crippen LogP contribution in [0.25, 0.3) is 5.69 Å². The molecule has 0 radical (unpaired) electrons. The summed E-state index contributed by atoms with van der Waals surface area (Å²) in [5.74, 6) is -0.137. The van der Waals surface area contributed by atoms with Gasteiger partial charge in [0.15, 0.2) is 0 Å². The first-order chi connectivity index (χ1) is 13.4. The average molecular weight is 376 g/mol. The van der Waals surface area contributed by atoms with Gasteiger partial charge in [0, 0.05) is 11.0 Å². The van der Waals surface area contributed by atoms with Crippen molar-refractivity contribution in [2.24, 2.45) is 5.41 Å². The largest absolute Gasteiger partial charge is 0.277 e. The highest BCUT2D eigenvalue weighted by Gasteiger charge is 2.62. The van der Waals surface area contributed by atoms with Crippen molar-refractivity contribution < 1.29 is 4.39 Å². The summed E-state index contributed by atoms with van der Waals surface area (Å²) in [5.41, 5.74) is 3.33. The monoisotopic (exact) mass is 376 g/mol. The van der Waals surface area contributed by atoms with Gasteiger partial charge in [0.1, 0.15) is 11.5 Å². The molecule has 3 nitrogen and oxygen atoms in total. The molecule has 2 aliphatic carbocycles. The number of rotatable bonds is 3. The van der Waals surface area contributed by atoms with Gasteiger partial charge in [-0.2, -0.15) is 0 Å². The summed E-state index contributed by atoms with van der Waals surface area (Å²) >= 11 is 0. The summed E-state index contributed by atoms with van der Waals surface area (Å²) in [6, 6.07) is 16.7. The quantitative estimate of drug-likeness (QED) is 0.632. The van der Waals surface area contributed by atoms with Crippen LogP contribution < -0.4 is 5.56 Å². The molecule has 2 aliphatic rings. The molecule has 1 heterocycles. The molecular weight excluding hydrogens is 351 g/mol. The first-order valence-electron chi connectivity index (χ1n) is 10.0. The lowest BCUT2D eigenvalue weighted by Gasteiger charge is -2.36. The third-order valence-electron chi connectivity index (χ3n) is 7.53. The summed E-state index contributed by atoms with van der Waals surface area (Å²) in [4.78, 5) is 13.6. The van der Waals surface area contributed by atoms with Gasteiger partial charge in [-0.15, -0.1) is 0 Å². The van der Waals surface area contributed by atoms with Crippen LogP contribution in [-0.4, -0.2) is 9.36 Å². The summed E-state index contributed by atoms with van der Waals surface area (Å²) in [5, 5.41) is 0. The second-order valence-corrected chi connectivity index (χ2v) is 9.02. The zero-order chi connectivity index (χ0) is 19.7. The number of nitrogens with zero attached hydrogens (tertiary/aromatic N) is 2. The lowest BCUT2D eigenvalue weighted by atomic mass is 9.70. The number of halogens is 1. The van der Waals surface area contributed by atoms with E-state index in [2.05, 4.69) is 32.9 Å². The maximum atomic E-state index is 14.7. The molecule has 28 heavy (non-hydrogen) atoms. The highest BCUT2D eigenvalue weighted by molar-refractivity contribution is 5.48. The summed E-state index contributed by atoms with van der Waals surface area (Å²) in [6.45, 7) is 7.40. The molecule has 0 amide bonds. The predicted octanol–water partition coefficient (Wildman–Crippen LogP) is 5.00. The minimum atomic E-state index is -0.369. The van der Waals surface area contributed by atoms with Crippen LogP contribution in [-0.2, 0) is 12.0 Å². The number of hydrogen-bond acceptors (Lipinski definition) is 1. The van der Waals surface area contributed by atoms with Gasteiger partial charge in [0.2, 0.25) is 0 Å². The lowest BCUT2D eigenvalue weighted by Crippen LogP contribution is -2.36. The molecule has 2 bridgehead atoms. The zero-order valence-corrected chi connectivity index (χ0v) is 16.6. The van der Waals surface area contributed by atoms with Crippen molar-refractivity contribution in [2.45, 2.75) is 51.5 Å². The van der Waals surface area contributed by atoms with Gasteiger partial charge in [0.25, 0.3) is 5.56 Å². The Hall–Kier alpha value is -2.62. The maximum Gasteiger partial charge on any atom is 0.275 e. The summed E-state index contributed by atoms with van der Waals surface area (Å²) in [6.07, 6.45) is 2.09. The van der Waals surface area contributed by atoms with Crippen LogP contribution in [0.2, 0.25) is 0 Å². The molecule has 2 atom stereocenters. The van der Waals surface area contributed by atoms with Gasteiger partial charge in [-0.25, -0.2) is 9.07 Å². The highest BCUT2D eigenvalue weighted by atomic mass is 19.1. The Morgan fingerprint density at radius 1 is 1.04 bits per heavy atom. The fraction of sp³-hybridized carbons (Fsp3) is 0.375. The van der Waals surface area contributed by atoms with Gasteiger partial charge < -0.3 is 0 Å². The van der Waals surface area contributed by atoms with E-state index >= 15 is 0 Å². The molecule has 0 saturated heterocycles. The second kappa shape index (κ2) is 5.69. The van der Waals surface area contributed by atoms with Crippen molar-refractivity contribution in [1.82, 2.24) is 9.36 Å². The third-order valence-corrected chi connectivity index (χ3v) is 7.53. The van der Waals surface area contributed by atoms with Crippen LogP contribution in [0.15, 0.2) is 59.4 Å². The minimum absolute atomic E-state index is 0.0313. The van der Waals surface area contributed by atoms with Gasteiger partial charge in [-0.1, -0.05) is 63.2 Å². The maximum absolute atomic E-state index is 14.7. The van der Waals surface area contributed by atoms with E-state index in [0.29, 0.717) is 12.2 Å². The lowest BCUT2D eigenvalue weighted by molar-refractivity contribution is 0.216. The van der Waals surface area contributed by atoms with Crippen LogP contribution >= 0.6 is 0 Å². The number of para-hydroxylation sites is 1. The van der Waals surface area contributed by atoms with Crippen LogP contribution in [0.1, 0.15) is 56.4 Å². The molecular formula is C24H25FN2O. The Bertz CT molecular complexity index is 1130. The average Bonchev–Trinajstić information content (AvgIpc) is 3.15. The highest BCUT2D eigenvalue weighted by Crippen LogP contribution is 2.67. The molecule has 144 valence electrons. The predicted molar refractivity (Wildman–Crippen MR) is 109 cm³/mol. The second-order valence-electron chi connectivity index (χ2n) is 9.02. The molecule has 2 aromatic carbocycles. The SMILES string of the molecule is CC1(C)[C@@H]2CC[C@@]1(C)c1c2c(=O)n(-c2ccccc2F)n1Cc1ccccc1. The fourth-order valence-electron chi connectivity index (χ4n) is 5.66. The number of aromatic nitrogens is 2. The number of fused-ring (bicyclic) bond motifs is 5. The smallest absolute Gasteiger partial charge is 0.275 e. The molecule has 0 spiro atoms. The van der Waals surface area contributed by atoms with Crippen molar-refractivity contribution >= 4 is 0 Å². The van der Waals surface area contributed by atoms with Crippen LogP contribution in [0.3, 0.4) is 0 Å². The van der Waals surface area contributed by atoms with Gasteiger partial charge in [-0.3, -0.25) is 9.48 Å². The molecule has 0 N–H and O–H groups in total. The molecule has 0 unspecified atom stereocenters. The van der Waals surface area contributed by atoms with Crippen LogP contribution in [0.4, 0.5) is 4.39 Å². The molecule has 1 fully saturated rings. The fourth-order valence-corrected chi connectivity index (χ4v) is 5.66. The number of benzene rings is 2. The van der Waals surface area contributed by atoms with Crippen LogP contribution in [0, 0.1) is 11.2 Å².